The molecule has 2 aliphatic rings. The zero-order valence-electron chi connectivity index (χ0n) is 10.7. The minimum atomic E-state index is -1.26. The molecule has 5 heteroatoms. The lowest BCUT2D eigenvalue weighted by atomic mass is 9.70. The molecular weight excluding hydrogens is 236 g/mol. The quantitative estimate of drug-likeness (QED) is 0.421. The minimum absolute atomic E-state index is 0.301. The molecule has 1 atom stereocenters. The molecule has 0 radical (unpaired) electrons. The maximum atomic E-state index is 12.0. The molecule has 1 heterocycles. The van der Waals surface area contributed by atoms with E-state index in [1.165, 1.54) is 14.2 Å². The fraction of sp³-hybridized carbons (Fsp3) is 0.692. The average molecular weight is 254 g/mol. The molecule has 0 aromatic rings. The van der Waals surface area contributed by atoms with Crippen LogP contribution >= 0.6 is 0 Å². The van der Waals surface area contributed by atoms with E-state index >= 15 is 0 Å². The molecule has 1 spiro atoms. The van der Waals surface area contributed by atoms with Crippen LogP contribution in [0.4, 0.5) is 0 Å². The van der Waals surface area contributed by atoms with Crippen LogP contribution in [-0.2, 0) is 23.8 Å². The topological polar surface area (TPSA) is 61.8 Å². The van der Waals surface area contributed by atoms with E-state index < -0.39 is 23.0 Å². The first-order valence-corrected chi connectivity index (χ1v) is 6.07. The number of allylic oxidation sites excluding steroid dienone is 1. The molecule has 2 rings (SSSR count). The number of methoxy groups -OCH3 is 2. The standard InChI is InChI=1S/C13H18O5/c1-16-10(14)13(11(15)17-2)7-3-5-12(9-13)6-4-8-18-12/h3,5H,4,6-9H2,1-2H3. The van der Waals surface area contributed by atoms with Crippen molar-refractivity contribution in [3.63, 3.8) is 0 Å². The average Bonchev–Trinajstić information content (AvgIpc) is 2.84. The Labute approximate surface area is 106 Å². The largest absolute Gasteiger partial charge is 0.468 e. The Morgan fingerprint density at radius 3 is 2.39 bits per heavy atom. The molecule has 1 fully saturated rings. The maximum absolute atomic E-state index is 12.0. The van der Waals surface area contributed by atoms with E-state index in [1.807, 2.05) is 12.2 Å². The van der Waals surface area contributed by atoms with Gasteiger partial charge >= 0.3 is 11.9 Å². The molecule has 0 amide bonds. The Bertz CT molecular complexity index is 363. The van der Waals surface area contributed by atoms with E-state index in [2.05, 4.69) is 0 Å². The van der Waals surface area contributed by atoms with E-state index in [4.69, 9.17) is 14.2 Å². The maximum Gasteiger partial charge on any atom is 0.323 e. The van der Waals surface area contributed by atoms with Crippen LogP contribution in [-0.4, -0.2) is 38.4 Å². The predicted molar refractivity (Wildman–Crippen MR) is 62.8 cm³/mol. The number of carbonyl (C=O) groups is 2. The van der Waals surface area contributed by atoms with Gasteiger partial charge in [0.05, 0.1) is 19.8 Å². The van der Waals surface area contributed by atoms with Crippen molar-refractivity contribution in [2.24, 2.45) is 5.41 Å². The van der Waals surface area contributed by atoms with Crippen LogP contribution in [0.15, 0.2) is 12.2 Å². The van der Waals surface area contributed by atoms with Gasteiger partial charge in [0.25, 0.3) is 0 Å². The summed E-state index contributed by atoms with van der Waals surface area (Å²) in [6.45, 7) is 0.656. The minimum Gasteiger partial charge on any atom is -0.468 e. The monoisotopic (exact) mass is 254 g/mol. The highest BCUT2D eigenvalue weighted by atomic mass is 16.5. The number of hydrogen-bond donors (Lipinski definition) is 0. The molecule has 0 N–H and O–H groups in total. The van der Waals surface area contributed by atoms with Crippen molar-refractivity contribution >= 4 is 11.9 Å². The van der Waals surface area contributed by atoms with E-state index in [-0.39, 0.29) is 0 Å². The number of rotatable bonds is 2. The molecular formula is C13H18O5. The number of ether oxygens (including phenoxy) is 3. The van der Waals surface area contributed by atoms with Crippen LogP contribution in [0, 0.1) is 5.41 Å². The Morgan fingerprint density at radius 1 is 1.22 bits per heavy atom. The highest BCUT2D eigenvalue weighted by Gasteiger charge is 2.55. The van der Waals surface area contributed by atoms with Gasteiger partial charge in [0, 0.05) is 13.0 Å². The fourth-order valence-corrected chi connectivity index (χ4v) is 2.89. The van der Waals surface area contributed by atoms with Gasteiger partial charge in [-0.15, -0.1) is 0 Å². The third-order valence-corrected chi connectivity index (χ3v) is 3.77. The Morgan fingerprint density at radius 2 is 1.89 bits per heavy atom. The summed E-state index contributed by atoms with van der Waals surface area (Å²) in [5.41, 5.74) is -1.77. The van der Waals surface area contributed by atoms with E-state index in [1.54, 1.807) is 0 Å². The van der Waals surface area contributed by atoms with Crippen LogP contribution in [0.2, 0.25) is 0 Å². The highest BCUT2D eigenvalue weighted by Crippen LogP contribution is 2.45. The van der Waals surface area contributed by atoms with Gasteiger partial charge in [-0.1, -0.05) is 12.2 Å². The summed E-state index contributed by atoms with van der Waals surface area (Å²) >= 11 is 0. The lowest BCUT2D eigenvalue weighted by Crippen LogP contribution is -2.48. The molecule has 0 aromatic carbocycles. The SMILES string of the molecule is COC(=O)C1(C(=O)OC)CC=CC2(CCCO2)C1. The van der Waals surface area contributed by atoms with Crippen molar-refractivity contribution in [3.05, 3.63) is 12.2 Å². The van der Waals surface area contributed by atoms with Gasteiger partial charge < -0.3 is 14.2 Å². The third-order valence-electron chi connectivity index (χ3n) is 3.77. The van der Waals surface area contributed by atoms with Crippen LogP contribution < -0.4 is 0 Å². The zero-order valence-corrected chi connectivity index (χ0v) is 10.7. The van der Waals surface area contributed by atoms with Gasteiger partial charge in [0.15, 0.2) is 5.41 Å². The van der Waals surface area contributed by atoms with Crippen molar-refractivity contribution in [3.8, 4) is 0 Å². The zero-order chi connectivity index (χ0) is 13.2. The number of hydrogen-bond acceptors (Lipinski definition) is 5. The lowest BCUT2D eigenvalue weighted by Gasteiger charge is -2.38. The van der Waals surface area contributed by atoms with Gasteiger partial charge in [0.2, 0.25) is 0 Å². The summed E-state index contributed by atoms with van der Waals surface area (Å²) < 4.78 is 15.3. The Kier molecular flexibility index (Phi) is 3.43. The first kappa shape index (κ1) is 13.1. The van der Waals surface area contributed by atoms with Crippen LogP contribution in [0.25, 0.3) is 0 Å². The molecule has 100 valence electrons. The van der Waals surface area contributed by atoms with Crippen molar-refractivity contribution < 1.29 is 23.8 Å². The van der Waals surface area contributed by atoms with Gasteiger partial charge in [-0.25, -0.2) is 0 Å². The van der Waals surface area contributed by atoms with E-state index in [0.29, 0.717) is 19.4 Å². The first-order valence-electron chi connectivity index (χ1n) is 6.07. The van der Waals surface area contributed by atoms with Gasteiger partial charge in [-0.3, -0.25) is 9.59 Å². The summed E-state index contributed by atoms with van der Waals surface area (Å²) in [7, 11) is 2.57. The molecule has 0 saturated carbocycles. The lowest BCUT2D eigenvalue weighted by molar-refractivity contribution is -0.174. The smallest absolute Gasteiger partial charge is 0.323 e. The molecule has 0 bridgehead atoms. The van der Waals surface area contributed by atoms with Crippen LogP contribution in [0.3, 0.4) is 0 Å². The summed E-state index contributed by atoms with van der Waals surface area (Å²) in [6.07, 6.45) is 6.14. The van der Waals surface area contributed by atoms with Crippen molar-refractivity contribution in [1.82, 2.24) is 0 Å². The third kappa shape index (κ3) is 1.92. The Balaban J connectivity index is 2.34. The van der Waals surface area contributed by atoms with Crippen molar-refractivity contribution in [2.45, 2.75) is 31.3 Å². The number of esters is 2. The second kappa shape index (κ2) is 4.72. The van der Waals surface area contributed by atoms with Crippen LogP contribution in [0.1, 0.15) is 25.7 Å². The highest BCUT2D eigenvalue weighted by molar-refractivity contribution is 6.00. The summed E-state index contributed by atoms with van der Waals surface area (Å²) in [5.74, 6) is -1.10. The molecule has 1 aliphatic carbocycles. The summed E-state index contributed by atoms with van der Waals surface area (Å²) in [6, 6.07) is 0. The van der Waals surface area contributed by atoms with E-state index in [9.17, 15) is 9.59 Å². The fourth-order valence-electron chi connectivity index (χ4n) is 2.89. The van der Waals surface area contributed by atoms with Gasteiger partial charge in [-0.2, -0.15) is 0 Å². The molecule has 0 aromatic heterocycles. The normalized spacial score (nSPS) is 29.2. The van der Waals surface area contributed by atoms with Crippen molar-refractivity contribution in [1.29, 1.82) is 0 Å². The Hall–Kier alpha value is -1.36. The molecule has 1 unspecified atom stereocenters. The van der Waals surface area contributed by atoms with Crippen LogP contribution in [0.5, 0.6) is 0 Å². The van der Waals surface area contributed by atoms with Gasteiger partial charge in [0.1, 0.15) is 0 Å². The molecule has 18 heavy (non-hydrogen) atoms. The second-order valence-electron chi connectivity index (χ2n) is 4.87. The van der Waals surface area contributed by atoms with Gasteiger partial charge in [-0.05, 0) is 19.3 Å². The first-order chi connectivity index (χ1) is 8.58. The summed E-state index contributed by atoms with van der Waals surface area (Å²) in [5, 5.41) is 0. The second-order valence-corrected chi connectivity index (χ2v) is 4.87. The molecule has 1 aliphatic heterocycles. The molecule has 1 saturated heterocycles. The number of carbonyl (C=O) groups excluding carboxylic acids is 2. The summed E-state index contributed by atoms with van der Waals surface area (Å²) in [4.78, 5) is 24.0. The molecule has 5 nitrogen and oxygen atoms in total. The predicted octanol–water partition coefficient (Wildman–Crippen LogP) is 1.22. The van der Waals surface area contributed by atoms with E-state index in [0.717, 1.165) is 12.8 Å². The van der Waals surface area contributed by atoms with Crippen molar-refractivity contribution in [2.75, 3.05) is 20.8 Å².